The smallest absolute Gasteiger partial charge is 0.232 e. The van der Waals surface area contributed by atoms with E-state index in [0.717, 1.165) is 0 Å². The molecular formula is C12H10ClNO2. The second-order valence-electron chi connectivity index (χ2n) is 3.28. The highest BCUT2D eigenvalue weighted by Gasteiger charge is 2.07. The lowest BCUT2D eigenvalue weighted by Crippen LogP contribution is -2.14. The maximum absolute atomic E-state index is 11.6. The van der Waals surface area contributed by atoms with Crippen LogP contribution < -0.4 is 5.32 Å². The van der Waals surface area contributed by atoms with Gasteiger partial charge in [0.05, 0.1) is 23.4 Å². The minimum atomic E-state index is -0.150. The molecule has 0 spiro atoms. The number of hydrogen-bond acceptors (Lipinski definition) is 2. The molecule has 2 aromatic rings. The fraction of sp³-hybridized carbons (Fsp3) is 0.0833. The van der Waals surface area contributed by atoms with Gasteiger partial charge in [0.15, 0.2) is 0 Å². The third-order valence-corrected chi connectivity index (χ3v) is 2.39. The second kappa shape index (κ2) is 4.86. The maximum atomic E-state index is 11.6. The maximum Gasteiger partial charge on any atom is 0.232 e. The molecule has 82 valence electrons. The van der Waals surface area contributed by atoms with E-state index < -0.39 is 0 Å². The summed E-state index contributed by atoms with van der Waals surface area (Å²) >= 11 is 5.91. The Hall–Kier alpha value is -1.74. The first-order valence-corrected chi connectivity index (χ1v) is 5.20. The van der Waals surface area contributed by atoms with Gasteiger partial charge in [-0.2, -0.15) is 0 Å². The van der Waals surface area contributed by atoms with Crippen molar-refractivity contribution in [2.24, 2.45) is 0 Å². The zero-order valence-corrected chi connectivity index (χ0v) is 9.20. The number of carbonyl (C=O) groups excluding carboxylic acids is 1. The largest absolute Gasteiger partial charge is 0.469 e. The molecule has 0 atom stereocenters. The van der Waals surface area contributed by atoms with Crippen molar-refractivity contribution in [3.8, 4) is 0 Å². The van der Waals surface area contributed by atoms with Crippen molar-refractivity contribution in [2.75, 3.05) is 5.32 Å². The summed E-state index contributed by atoms with van der Waals surface area (Å²) in [6.07, 6.45) is 1.75. The molecule has 16 heavy (non-hydrogen) atoms. The normalized spacial score (nSPS) is 10.1. The zero-order valence-electron chi connectivity index (χ0n) is 8.44. The van der Waals surface area contributed by atoms with Gasteiger partial charge in [-0.25, -0.2) is 0 Å². The summed E-state index contributed by atoms with van der Waals surface area (Å²) in [5, 5.41) is 3.24. The Morgan fingerprint density at radius 1 is 1.25 bits per heavy atom. The van der Waals surface area contributed by atoms with Crippen molar-refractivity contribution in [1.82, 2.24) is 0 Å². The third-order valence-electron chi connectivity index (χ3n) is 2.06. The van der Waals surface area contributed by atoms with Crippen LogP contribution in [0.15, 0.2) is 47.1 Å². The molecule has 1 heterocycles. The van der Waals surface area contributed by atoms with Crippen LogP contribution in [-0.2, 0) is 11.2 Å². The minimum absolute atomic E-state index is 0.150. The number of benzene rings is 1. The summed E-state index contributed by atoms with van der Waals surface area (Å²) in [4.78, 5) is 11.6. The minimum Gasteiger partial charge on any atom is -0.469 e. The van der Waals surface area contributed by atoms with Gasteiger partial charge in [0.25, 0.3) is 0 Å². The van der Waals surface area contributed by atoms with Crippen molar-refractivity contribution in [3.05, 3.63) is 53.4 Å². The molecule has 0 unspecified atom stereocenters. The number of furan rings is 1. The number of rotatable bonds is 3. The molecule has 0 bridgehead atoms. The molecule has 1 aromatic carbocycles. The Bertz CT molecular complexity index is 480. The molecule has 0 fully saturated rings. The topological polar surface area (TPSA) is 42.2 Å². The van der Waals surface area contributed by atoms with Crippen molar-refractivity contribution in [3.63, 3.8) is 0 Å². The van der Waals surface area contributed by atoms with Crippen LogP contribution in [0.5, 0.6) is 0 Å². The molecule has 2 rings (SSSR count). The summed E-state index contributed by atoms with van der Waals surface area (Å²) in [5.74, 6) is 0.479. The monoisotopic (exact) mass is 235 g/mol. The van der Waals surface area contributed by atoms with Gasteiger partial charge in [0.1, 0.15) is 5.76 Å². The molecule has 0 radical (unpaired) electrons. The van der Waals surface area contributed by atoms with E-state index in [0.29, 0.717) is 16.5 Å². The summed E-state index contributed by atoms with van der Waals surface area (Å²) in [5.41, 5.74) is 0.612. The molecule has 1 aromatic heterocycles. The number of halogens is 1. The highest BCUT2D eigenvalue weighted by atomic mass is 35.5. The van der Waals surface area contributed by atoms with Gasteiger partial charge in [0, 0.05) is 0 Å². The Balaban J connectivity index is 2.00. The number of amides is 1. The van der Waals surface area contributed by atoms with Crippen LogP contribution in [-0.4, -0.2) is 5.91 Å². The van der Waals surface area contributed by atoms with Crippen LogP contribution in [0, 0.1) is 0 Å². The second-order valence-corrected chi connectivity index (χ2v) is 3.69. The molecule has 0 saturated carbocycles. The highest BCUT2D eigenvalue weighted by Crippen LogP contribution is 2.20. The van der Waals surface area contributed by atoms with Crippen LogP contribution in [0.3, 0.4) is 0 Å². The Morgan fingerprint density at radius 2 is 2.06 bits per heavy atom. The van der Waals surface area contributed by atoms with Crippen molar-refractivity contribution in [2.45, 2.75) is 6.42 Å². The molecule has 1 amide bonds. The SMILES string of the molecule is O=C(Cc1ccco1)Nc1ccccc1Cl. The lowest BCUT2D eigenvalue weighted by molar-refractivity contribution is -0.115. The zero-order chi connectivity index (χ0) is 11.4. The summed E-state index contributed by atoms with van der Waals surface area (Å²) < 4.78 is 5.08. The Morgan fingerprint density at radius 3 is 2.75 bits per heavy atom. The number of nitrogens with one attached hydrogen (secondary N) is 1. The van der Waals surface area contributed by atoms with Crippen LogP contribution >= 0.6 is 11.6 Å². The van der Waals surface area contributed by atoms with Crippen molar-refractivity contribution in [1.29, 1.82) is 0 Å². The lowest BCUT2D eigenvalue weighted by Gasteiger charge is -2.05. The molecule has 0 saturated heterocycles. The van der Waals surface area contributed by atoms with Crippen LogP contribution in [0.25, 0.3) is 0 Å². The van der Waals surface area contributed by atoms with Gasteiger partial charge >= 0.3 is 0 Å². The van der Waals surface area contributed by atoms with Gasteiger partial charge in [-0.15, -0.1) is 0 Å². The lowest BCUT2D eigenvalue weighted by atomic mass is 10.3. The summed E-state index contributed by atoms with van der Waals surface area (Å²) in [6, 6.07) is 10.6. The van der Waals surface area contributed by atoms with E-state index in [4.69, 9.17) is 16.0 Å². The van der Waals surface area contributed by atoms with E-state index in [1.807, 2.05) is 12.1 Å². The first-order chi connectivity index (χ1) is 7.75. The van der Waals surface area contributed by atoms with Crippen LogP contribution in [0.4, 0.5) is 5.69 Å². The van der Waals surface area contributed by atoms with E-state index in [2.05, 4.69) is 5.32 Å². The fourth-order valence-corrected chi connectivity index (χ4v) is 1.51. The van der Waals surface area contributed by atoms with Crippen LogP contribution in [0.2, 0.25) is 5.02 Å². The van der Waals surface area contributed by atoms with Gasteiger partial charge in [0.2, 0.25) is 5.91 Å². The first kappa shape index (κ1) is 10.8. The van der Waals surface area contributed by atoms with E-state index in [1.54, 1.807) is 24.3 Å². The first-order valence-electron chi connectivity index (χ1n) is 4.82. The Labute approximate surface area is 98.0 Å². The number of carbonyl (C=O) groups is 1. The van der Waals surface area contributed by atoms with E-state index in [1.165, 1.54) is 6.26 Å². The molecular weight excluding hydrogens is 226 g/mol. The average Bonchev–Trinajstić information content (AvgIpc) is 2.74. The molecule has 3 nitrogen and oxygen atoms in total. The summed E-state index contributed by atoms with van der Waals surface area (Å²) in [7, 11) is 0. The highest BCUT2D eigenvalue weighted by molar-refractivity contribution is 6.33. The molecule has 4 heteroatoms. The standard InChI is InChI=1S/C12H10ClNO2/c13-10-5-1-2-6-11(10)14-12(15)8-9-4-3-7-16-9/h1-7H,8H2,(H,14,15). The van der Waals surface area contributed by atoms with Gasteiger partial charge < -0.3 is 9.73 Å². The number of para-hydroxylation sites is 1. The molecule has 0 aliphatic heterocycles. The summed E-state index contributed by atoms with van der Waals surface area (Å²) in [6.45, 7) is 0. The Kier molecular flexibility index (Phi) is 3.27. The fourth-order valence-electron chi connectivity index (χ4n) is 1.33. The van der Waals surface area contributed by atoms with E-state index in [-0.39, 0.29) is 12.3 Å². The number of anilines is 1. The van der Waals surface area contributed by atoms with E-state index in [9.17, 15) is 4.79 Å². The molecule has 1 N–H and O–H groups in total. The predicted octanol–water partition coefficient (Wildman–Crippen LogP) is 3.11. The third kappa shape index (κ3) is 2.64. The van der Waals surface area contributed by atoms with Gasteiger partial charge in [-0.1, -0.05) is 23.7 Å². The van der Waals surface area contributed by atoms with Crippen molar-refractivity contribution >= 4 is 23.2 Å². The number of hydrogen-bond donors (Lipinski definition) is 1. The van der Waals surface area contributed by atoms with Crippen LogP contribution in [0.1, 0.15) is 5.76 Å². The van der Waals surface area contributed by atoms with E-state index >= 15 is 0 Å². The quantitative estimate of drug-likeness (QED) is 0.888. The predicted molar refractivity (Wildman–Crippen MR) is 62.5 cm³/mol. The van der Waals surface area contributed by atoms with Gasteiger partial charge in [-0.05, 0) is 24.3 Å². The molecule has 0 aliphatic carbocycles. The molecule has 0 aliphatic rings. The van der Waals surface area contributed by atoms with Gasteiger partial charge in [-0.3, -0.25) is 4.79 Å². The van der Waals surface area contributed by atoms with Crippen molar-refractivity contribution < 1.29 is 9.21 Å². The average molecular weight is 236 g/mol.